The summed E-state index contributed by atoms with van der Waals surface area (Å²) in [5.41, 5.74) is 7.80. The molecular formula is C24H25N3O4S. The Hall–Kier alpha value is -3.52. The SMILES string of the molecule is CCOc1ccc(C(=O)NNC(=O)c2cccnc2Sc2cc(C)ccc2C)cc1OC. The number of rotatable bonds is 7. The highest BCUT2D eigenvalue weighted by atomic mass is 32.2. The second-order valence-corrected chi connectivity index (χ2v) is 7.96. The summed E-state index contributed by atoms with van der Waals surface area (Å²) in [4.78, 5) is 30.7. The van der Waals surface area contributed by atoms with Crippen LogP contribution in [0.1, 0.15) is 38.8 Å². The number of carbonyl (C=O) groups excluding carboxylic acids is 2. The van der Waals surface area contributed by atoms with Gasteiger partial charge in [-0.05, 0) is 68.3 Å². The number of hydrogen-bond donors (Lipinski definition) is 2. The van der Waals surface area contributed by atoms with E-state index in [0.29, 0.717) is 34.3 Å². The molecule has 3 aromatic rings. The summed E-state index contributed by atoms with van der Waals surface area (Å²) in [6.07, 6.45) is 1.63. The first kappa shape index (κ1) is 23.1. The van der Waals surface area contributed by atoms with Gasteiger partial charge in [-0.2, -0.15) is 0 Å². The second-order valence-electron chi connectivity index (χ2n) is 6.93. The van der Waals surface area contributed by atoms with Gasteiger partial charge in [0.25, 0.3) is 11.8 Å². The Morgan fingerprint density at radius 2 is 1.78 bits per heavy atom. The van der Waals surface area contributed by atoms with E-state index in [-0.39, 0.29) is 0 Å². The van der Waals surface area contributed by atoms with Crippen LogP contribution < -0.4 is 20.3 Å². The molecule has 3 rings (SSSR count). The topological polar surface area (TPSA) is 89.6 Å². The van der Waals surface area contributed by atoms with E-state index >= 15 is 0 Å². The van der Waals surface area contributed by atoms with Crippen molar-refractivity contribution in [3.63, 3.8) is 0 Å². The van der Waals surface area contributed by atoms with Crippen molar-refractivity contribution in [3.8, 4) is 11.5 Å². The van der Waals surface area contributed by atoms with Crippen molar-refractivity contribution < 1.29 is 19.1 Å². The first-order valence-corrected chi connectivity index (χ1v) is 10.9. The van der Waals surface area contributed by atoms with Gasteiger partial charge in [0, 0.05) is 16.7 Å². The predicted octanol–water partition coefficient (Wildman–Crippen LogP) is 4.33. The van der Waals surface area contributed by atoms with Gasteiger partial charge >= 0.3 is 0 Å². The number of hydrazine groups is 1. The number of amides is 2. The van der Waals surface area contributed by atoms with Gasteiger partial charge in [-0.15, -0.1) is 0 Å². The molecule has 0 aliphatic rings. The molecule has 7 nitrogen and oxygen atoms in total. The van der Waals surface area contributed by atoms with E-state index in [4.69, 9.17) is 9.47 Å². The second kappa shape index (κ2) is 10.7. The van der Waals surface area contributed by atoms with Crippen LogP contribution in [0.4, 0.5) is 0 Å². The number of aryl methyl sites for hydroxylation is 2. The quantitative estimate of drug-likeness (QED) is 0.520. The molecule has 0 aliphatic heterocycles. The molecule has 1 aromatic heterocycles. The molecule has 0 spiro atoms. The Balaban J connectivity index is 1.72. The highest BCUT2D eigenvalue weighted by Gasteiger charge is 2.16. The fourth-order valence-electron chi connectivity index (χ4n) is 2.90. The molecule has 0 bridgehead atoms. The van der Waals surface area contributed by atoms with Gasteiger partial charge in [-0.1, -0.05) is 23.9 Å². The lowest BCUT2D eigenvalue weighted by molar-refractivity contribution is 0.0844. The summed E-state index contributed by atoms with van der Waals surface area (Å²) >= 11 is 1.41. The van der Waals surface area contributed by atoms with Crippen molar-refractivity contribution in [2.45, 2.75) is 30.7 Å². The number of benzene rings is 2. The van der Waals surface area contributed by atoms with Crippen LogP contribution in [-0.4, -0.2) is 30.5 Å². The van der Waals surface area contributed by atoms with Crippen molar-refractivity contribution >= 4 is 23.6 Å². The first-order chi connectivity index (χ1) is 15.4. The number of nitrogens with one attached hydrogen (secondary N) is 2. The number of aromatic nitrogens is 1. The summed E-state index contributed by atoms with van der Waals surface area (Å²) in [6.45, 7) is 6.36. The third-order valence-electron chi connectivity index (χ3n) is 4.58. The highest BCUT2D eigenvalue weighted by Crippen LogP contribution is 2.32. The fraction of sp³-hybridized carbons (Fsp3) is 0.208. The van der Waals surface area contributed by atoms with Gasteiger partial charge in [-0.3, -0.25) is 20.4 Å². The van der Waals surface area contributed by atoms with Crippen molar-refractivity contribution in [3.05, 3.63) is 77.0 Å². The standard InChI is InChI=1S/C24H25N3O4S/c1-5-31-19-11-10-17(14-20(19)30-4)22(28)26-27-23(29)18-7-6-12-25-24(18)32-21-13-15(2)8-9-16(21)3/h6-14H,5H2,1-4H3,(H,26,28)(H,27,29). The van der Waals surface area contributed by atoms with E-state index < -0.39 is 11.8 Å². The molecular weight excluding hydrogens is 426 g/mol. The van der Waals surface area contributed by atoms with Gasteiger partial charge in [-0.25, -0.2) is 4.98 Å². The van der Waals surface area contributed by atoms with Crippen LogP contribution >= 0.6 is 11.8 Å². The maximum Gasteiger partial charge on any atom is 0.272 e. The Morgan fingerprint density at radius 3 is 2.53 bits per heavy atom. The minimum absolute atomic E-state index is 0.321. The van der Waals surface area contributed by atoms with E-state index in [1.165, 1.54) is 18.9 Å². The van der Waals surface area contributed by atoms with Crippen molar-refractivity contribution in [1.82, 2.24) is 15.8 Å². The third-order valence-corrected chi connectivity index (χ3v) is 5.76. The predicted molar refractivity (Wildman–Crippen MR) is 123 cm³/mol. The molecule has 32 heavy (non-hydrogen) atoms. The first-order valence-electron chi connectivity index (χ1n) is 10.0. The van der Waals surface area contributed by atoms with Crippen molar-refractivity contribution in [2.75, 3.05) is 13.7 Å². The monoisotopic (exact) mass is 451 g/mol. The molecule has 0 saturated heterocycles. The molecule has 0 radical (unpaired) electrons. The van der Waals surface area contributed by atoms with Crippen LogP contribution in [0, 0.1) is 13.8 Å². The Labute approximate surface area is 191 Å². The minimum Gasteiger partial charge on any atom is -0.493 e. The summed E-state index contributed by atoms with van der Waals surface area (Å²) in [5, 5.41) is 0.552. The van der Waals surface area contributed by atoms with Gasteiger partial charge in [0.1, 0.15) is 5.03 Å². The summed E-state index contributed by atoms with van der Waals surface area (Å²) in [6, 6.07) is 14.3. The molecule has 0 aliphatic carbocycles. The smallest absolute Gasteiger partial charge is 0.272 e. The largest absolute Gasteiger partial charge is 0.493 e. The normalized spacial score (nSPS) is 10.4. The van der Waals surface area contributed by atoms with Crippen LogP contribution in [0.2, 0.25) is 0 Å². The number of pyridine rings is 1. The Morgan fingerprint density at radius 1 is 1.00 bits per heavy atom. The Kier molecular flexibility index (Phi) is 7.72. The molecule has 8 heteroatoms. The lowest BCUT2D eigenvalue weighted by atomic mass is 10.2. The van der Waals surface area contributed by atoms with Crippen LogP contribution in [-0.2, 0) is 0 Å². The number of methoxy groups -OCH3 is 1. The number of hydrogen-bond acceptors (Lipinski definition) is 6. The molecule has 2 N–H and O–H groups in total. The zero-order chi connectivity index (χ0) is 23.1. The van der Waals surface area contributed by atoms with Gasteiger partial charge < -0.3 is 9.47 Å². The van der Waals surface area contributed by atoms with E-state index in [9.17, 15) is 9.59 Å². The number of carbonyl (C=O) groups is 2. The summed E-state index contributed by atoms with van der Waals surface area (Å²) < 4.78 is 10.7. The van der Waals surface area contributed by atoms with Crippen LogP contribution in [0.3, 0.4) is 0 Å². The van der Waals surface area contributed by atoms with Gasteiger partial charge in [0.15, 0.2) is 11.5 Å². The van der Waals surface area contributed by atoms with E-state index in [1.54, 1.807) is 36.5 Å². The molecule has 0 atom stereocenters. The summed E-state index contributed by atoms with van der Waals surface area (Å²) in [7, 11) is 1.50. The highest BCUT2D eigenvalue weighted by molar-refractivity contribution is 7.99. The average Bonchev–Trinajstić information content (AvgIpc) is 2.80. The van der Waals surface area contributed by atoms with E-state index in [0.717, 1.165) is 16.0 Å². The van der Waals surface area contributed by atoms with Gasteiger partial charge in [0.05, 0.1) is 19.3 Å². The summed E-state index contributed by atoms with van der Waals surface area (Å²) in [5.74, 6) is 0.0360. The van der Waals surface area contributed by atoms with Crippen molar-refractivity contribution in [2.24, 2.45) is 0 Å². The maximum absolute atomic E-state index is 12.8. The lowest BCUT2D eigenvalue weighted by Gasteiger charge is -2.13. The zero-order valence-electron chi connectivity index (χ0n) is 18.4. The third kappa shape index (κ3) is 5.59. The lowest BCUT2D eigenvalue weighted by Crippen LogP contribution is -2.41. The van der Waals surface area contributed by atoms with E-state index in [1.807, 2.05) is 32.9 Å². The molecule has 1 heterocycles. The molecule has 2 amide bonds. The maximum atomic E-state index is 12.8. The molecule has 0 unspecified atom stereocenters. The van der Waals surface area contributed by atoms with E-state index in [2.05, 4.69) is 21.9 Å². The average molecular weight is 452 g/mol. The zero-order valence-corrected chi connectivity index (χ0v) is 19.2. The van der Waals surface area contributed by atoms with Crippen molar-refractivity contribution in [1.29, 1.82) is 0 Å². The number of ether oxygens (including phenoxy) is 2. The van der Waals surface area contributed by atoms with Gasteiger partial charge in [0.2, 0.25) is 0 Å². The number of nitrogens with zero attached hydrogens (tertiary/aromatic N) is 1. The molecule has 0 saturated carbocycles. The van der Waals surface area contributed by atoms with Crippen LogP contribution in [0.25, 0.3) is 0 Å². The molecule has 0 fully saturated rings. The molecule has 166 valence electrons. The van der Waals surface area contributed by atoms with Crippen LogP contribution in [0.5, 0.6) is 11.5 Å². The van der Waals surface area contributed by atoms with Crippen LogP contribution in [0.15, 0.2) is 64.6 Å². The fourth-order valence-corrected chi connectivity index (χ4v) is 3.97. The molecule has 2 aromatic carbocycles. The minimum atomic E-state index is -0.479. The Bertz CT molecular complexity index is 1130.